The summed E-state index contributed by atoms with van der Waals surface area (Å²) in [7, 11) is 2.06. The van der Waals surface area contributed by atoms with Gasteiger partial charge in [0, 0.05) is 35.1 Å². The van der Waals surface area contributed by atoms with Gasteiger partial charge in [0.15, 0.2) is 16.6 Å². The van der Waals surface area contributed by atoms with Crippen molar-refractivity contribution >= 4 is 17.2 Å². The molecular weight excluding hydrogens is 422 g/mol. The minimum absolute atomic E-state index is 0.0488. The van der Waals surface area contributed by atoms with Gasteiger partial charge in [-0.2, -0.15) is 5.26 Å². The molecule has 9 heteroatoms. The van der Waals surface area contributed by atoms with Gasteiger partial charge >= 0.3 is 0 Å². The molecule has 8 nitrogen and oxygen atoms in total. The van der Waals surface area contributed by atoms with Crippen LogP contribution in [0.15, 0.2) is 29.8 Å². The third kappa shape index (κ3) is 3.70. The monoisotopic (exact) mass is 447 g/mol. The van der Waals surface area contributed by atoms with Gasteiger partial charge in [-0.05, 0) is 51.7 Å². The summed E-state index contributed by atoms with van der Waals surface area (Å²) >= 11 is 1.27. The van der Waals surface area contributed by atoms with Gasteiger partial charge < -0.3 is 15.3 Å². The summed E-state index contributed by atoms with van der Waals surface area (Å²) in [6.45, 7) is 4.62. The van der Waals surface area contributed by atoms with Gasteiger partial charge in [-0.3, -0.25) is 0 Å². The number of piperidine rings is 1. The van der Waals surface area contributed by atoms with Crippen LogP contribution in [0.25, 0.3) is 22.6 Å². The maximum absolute atomic E-state index is 10.6. The molecular formula is C23H25N7OS. The number of nitriles is 1. The lowest BCUT2D eigenvalue weighted by Crippen LogP contribution is -2.58. The third-order valence-electron chi connectivity index (χ3n) is 6.80. The summed E-state index contributed by atoms with van der Waals surface area (Å²) < 4.78 is 0. The number of anilines is 1. The van der Waals surface area contributed by atoms with Crippen molar-refractivity contribution in [3.8, 4) is 34.5 Å². The van der Waals surface area contributed by atoms with Crippen molar-refractivity contribution in [1.82, 2.24) is 25.5 Å². The van der Waals surface area contributed by atoms with E-state index in [1.54, 1.807) is 23.7 Å². The van der Waals surface area contributed by atoms with E-state index in [0.29, 0.717) is 28.1 Å². The van der Waals surface area contributed by atoms with Crippen LogP contribution in [0.5, 0.6) is 5.75 Å². The Hall–Kier alpha value is -3.09. The minimum Gasteiger partial charge on any atom is -0.507 e. The number of benzene rings is 1. The highest BCUT2D eigenvalue weighted by atomic mass is 32.1. The molecule has 0 radical (unpaired) electrons. The van der Waals surface area contributed by atoms with Gasteiger partial charge in [0.05, 0.1) is 17.5 Å². The Kier molecular flexibility index (Phi) is 4.87. The fourth-order valence-corrected chi connectivity index (χ4v) is 5.79. The maximum Gasteiger partial charge on any atom is 0.194 e. The average molecular weight is 448 g/mol. The lowest BCUT2D eigenvalue weighted by atomic mass is 9.84. The molecule has 2 aliphatic rings. The Morgan fingerprint density at radius 3 is 2.56 bits per heavy atom. The number of nitrogens with zero attached hydrogens (tertiary/aromatic N) is 6. The molecule has 0 aliphatic carbocycles. The fourth-order valence-electron chi connectivity index (χ4n) is 5.18. The number of hydrogen-bond donors (Lipinski definition) is 2. The van der Waals surface area contributed by atoms with Crippen LogP contribution in [0.2, 0.25) is 0 Å². The molecule has 0 saturated carbocycles. The molecule has 1 aromatic carbocycles. The van der Waals surface area contributed by atoms with Crippen molar-refractivity contribution in [1.29, 1.82) is 5.26 Å². The van der Waals surface area contributed by atoms with E-state index in [1.807, 2.05) is 12.1 Å². The largest absolute Gasteiger partial charge is 0.507 e. The number of hydrogen-bond acceptors (Lipinski definition) is 9. The van der Waals surface area contributed by atoms with Crippen molar-refractivity contribution in [2.75, 3.05) is 11.9 Å². The number of nitrogens with one attached hydrogen (secondary N) is 1. The van der Waals surface area contributed by atoms with Crippen LogP contribution < -0.4 is 10.2 Å². The summed E-state index contributed by atoms with van der Waals surface area (Å²) in [6.07, 6.45) is 6.25. The van der Waals surface area contributed by atoms with Gasteiger partial charge in [-0.1, -0.05) is 6.07 Å². The first-order valence-corrected chi connectivity index (χ1v) is 11.6. The second-order valence-corrected chi connectivity index (χ2v) is 10.3. The van der Waals surface area contributed by atoms with Crippen molar-refractivity contribution in [3.05, 3.63) is 34.8 Å². The maximum atomic E-state index is 10.6. The molecule has 2 N–H and O–H groups in total. The highest BCUT2D eigenvalue weighted by Crippen LogP contribution is 2.43. The van der Waals surface area contributed by atoms with Gasteiger partial charge in [-0.25, -0.2) is 9.97 Å². The van der Waals surface area contributed by atoms with Crippen molar-refractivity contribution in [3.63, 3.8) is 0 Å². The van der Waals surface area contributed by atoms with E-state index in [2.05, 4.69) is 51.3 Å². The molecule has 2 saturated heterocycles. The number of fused-ring (bicyclic) bond motifs is 2. The first-order chi connectivity index (χ1) is 15.3. The normalized spacial score (nSPS) is 26.6. The Morgan fingerprint density at radius 1 is 1.22 bits per heavy atom. The average Bonchev–Trinajstić information content (AvgIpc) is 3.34. The molecule has 2 aliphatic heterocycles. The number of aromatic nitrogens is 4. The molecule has 5 rings (SSSR count). The zero-order valence-electron chi connectivity index (χ0n) is 18.3. The Labute approximate surface area is 191 Å². The number of thiazole rings is 1. The lowest BCUT2D eigenvalue weighted by molar-refractivity contribution is 0.207. The first-order valence-electron chi connectivity index (χ1n) is 10.7. The highest BCUT2D eigenvalue weighted by molar-refractivity contribution is 7.10. The van der Waals surface area contributed by atoms with Gasteiger partial charge in [0.25, 0.3) is 0 Å². The topological polar surface area (TPSA) is 111 Å². The van der Waals surface area contributed by atoms with Crippen molar-refractivity contribution in [2.45, 2.75) is 56.7 Å². The number of rotatable bonds is 4. The van der Waals surface area contributed by atoms with Crippen LogP contribution in [0.3, 0.4) is 0 Å². The van der Waals surface area contributed by atoms with E-state index in [0.717, 1.165) is 24.2 Å². The summed E-state index contributed by atoms with van der Waals surface area (Å²) in [4.78, 5) is 10.9. The van der Waals surface area contributed by atoms with Crippen molar-refractivity contribution in [2.24, 2.45) is 0 Å². The minimum atomic E-state index is 0.0488. The predicted molar refractivity (Wildman–Crippen MR) is 123 cm³/mol. The summed E-state index contributed by atoms with van der Waals surface area (Å²) in [5, 5.41) is 34.2. The van der Waals surface area contributed by atoms with E-state index in [4.69, 9.17) is 5.26 Å². The smallest absolute Gasteiger partial charge is 0.194 e. The zero-order chi connectivity index (χ0) is 22.5. The van der Waals surface area contributed by atoms with Crippen LogP contribution in [0, 0.1) is 11.3 Å². The molecule has 4 heterocycles. The van der Waals surface area contributed by atoms with E-state index in [-0.39, 0.29) is 16.8 Å². The van der Waals surface area contributed by atoms with Crippen LogP contribution in [0.1, 0.15) is 44.5 Å². The Balaban J connectivity index is 1.35. The molecule has 3 aromatic rings. The second-order valence-electron chi connectivity index (χ2n) is 9.44. The van der Waals surface area contributed by atoms with Gasteiger partial charge in [0.1, 0.15) is 11.8 Å². The van der Waals surface area contributed by atoms with Crippen LogP contribution >= 0.6 is 11.3 Å². The molecule has 3 atom stereocenters. The summed E-state index contributed by atoms with van der Waals surface area (Å²) in [6, 6.07) is 7.60. The third-order valence-corrected chi connectivity index (χ3v) is 7.54. The Bertz CT molecular complexity index is 1190. The molecule has 2 fully saturated rings. The standard InChI is InChI=1S/C23H25N7OS/c1-22-6-7-23(2,29-22)10-15(9-22)30(3)19-12-25-21(28-27-19)16-5-4-14(8-18(16)31)17-13-32-20(11-24)26-17/h4-5,8,12-13,15,29,31H,6-7,9-10H2,1-3H3/t15-,22-,23+. The van der Waals surface area contributed by atoms with Gasteiger partial charge in [0.2, 0.25) is 0 Å². The molecule has 164 valence electrons. The molecule has 0 amide bonds. The SMILES string of the molecule is CN(c1cnc(-c2ccc(-c3csc(C#N)n3)cc2O)nn1)[C@H]1C[C@]2(C)CC[C@](C)(C1)N2. The lowest BCUT2D eigenvalue weighted by Gasteiger charge is -2.45. The molecule has 2 aromatic heterocycles. The van der Waals surface area contributed by atoms with Crippen molar-refractivity contribution < 1.29 is 5.11 Å². The molecule has 2 bridgehead atoms. The molecule has 0 unspecified atom stereocenters. The number of phenols is 1. The van der Waals surface area contributed by atoms with Crippen LogP contribution in [0.4, 0.5) is 5.82 Å². The Morgan fingerprint density at radius 2 is 1.97 bits per heavy atom. The van der Waals surface area contributed by atoms with E-state index in [1.165, 1.54) is 24.2 Å². The number of aromatic hydroxyl groups is 1. The van der Waals surface area contributed by atoms with Crippen LogP contribution in [-0.2, 0) is 0 Å². The second kappa shape index (κ2) is 7.50. The fraction of sp³-hybridized carbons (Fsp3) is 0.435. The molecule has 0 spiro atoms. The van der Waals surface area contributed by atoms with E-state index < -0.39 is 0 Å². The quantitative estimate of drug-likeness (QED) is 0.622. The predicted octanol–water partition coefficient (Wildman–Crippen LogP) is 3.74. The zero-order valence-corrected chi connectivity index (χ0v) is 19.1. The first kappa shape index (κ1) is 20.8. The van der Waals surface area contributed by atoms with E-state index in [9.17, 15) is 5.11 Å². The highest BCUT2D eigenvalue weighted by Gasteiger charge is 2.49. The molecule has 32 heavy (non-hydrogen) atoms. The van der Waals surface area contributed by atoms with E-state index >= 15 is 0 Å². The summed E-state index contributed by atoms with van der Waals surface area (Å²) in [5.74, 6) is 1.15. The van der Waals surface area contributed by atoms with Gasteiger partial charge in [-0.15, -0.1) is 21.5 Å². The van der Waals surface area contributed by atoms with Crippen LogP contribution in [-0.4, -0.2) is 49.4 Å². The number of phenolic OH excluding ortho intramolecular Hbond substituents is 1. The summed E-state index contributed by atoms with van der Waals surface area (Å²) in [5.41, 5.74) is 2.24.